The number of hydrogen-bond acceptors (Lipinski definition) is 5. The first-order valence-electron chi connectivity index (χ1n) is 9.12. The molecule has 2 aliphatic heterocycles. The number of rotatable bonds is 5. The first-order chi connectivity index (χ1) is 12.2. The van der Waals surface area contributed by atoms with Crippen LogP contribution in [0.4, 0.5) is 0 Å². The first-order valence-corrected chi connectivity index (χ1v) is 9.12. The second-order valence-electron chi connectivity index (χ2n) is 7.31. The average molecular weight is 378 g/mol. The summed E-state index contributed by atoms with van der Waals surface area (Å²) >= 11 is 0. The Kier molecular flexibility index (Phi) is 5.85. The molecule has 1 aromatic heterocycles. The second-order valence-corrected chi connectivity index (χ2v) is 7.31. The Hall–Kier alpha value is -1.63. The van der Waals surface area contributed by atoms with Gasteiger partial charge < -0.3 is 9.30 Å². The van der Waals surface area contributed by atoms with E-state index in [1.54, 1.807) is 7.11 Å². The van der Waals surface area contributed by atoms with E-state index in [4.69, 9.17) is 4.74 Å². The molecule has 2 saturated heterocycles. The molecule has 26 heavy (non-hydrogen) atoms. The fourth-order valence-corrected chi connectivity index (χ4v) is 4.65. The lowest BCUT2D eigenvalue weighted by Gasteiger charge is -2.26. The van der Waals surface area contributed by atoms with Gasteiger partial charge in [-0.25, -0.2) is 0 Å². The molecule has 0 bridgehead atoms. The van der Waals surface area contributed by atoms with Crippen LogP contribution in [-0.2, 0) is 13.1 Å². The molecule has 0 saturated carbocycles. The summed E-state index contributed by atoms with van der Waals surface area (Å²) in [4.78, 5) is 5.07. The molecule has 1 aromatic carbocycles. The van der Waals surface area contributed by atoms with Crippen LogP contribution in [0.25, 0.3) is 0 Å². The number of fused-ring (bicyclic) bond motifs is 1. The minimum absolute atomic E-state index is 0. The van der Waals surface area contributed by atoms with Crippen molar-refractivity contribution >= 4 is 12.4 Å². The Morgan fingerprint density at radius 1 is 1.15 bits per heavy atom. The molecular weight excluding hydrogens is 350 g/mol. The maximum Gasteiger partial charge on any atom is 0.146 e. The van der Waals surface area contributed by atoms with E-state index in [-0.39, 0.29) is 12.4 Å². The number of likely N-dealkylation sites (tertiary alicyclic amines) is 2. The third-order valence-corrected chi connectivity index (χ3v) is 5.83. The highest BCUT2D eigenvalue weighted by molar-refractivity contribution is 5.85. The smallest absolute Gasteiger partial charge is 0.146 e. The fraction of sp³-hybridized carbons (Fsp3) is 0.579. The van der Waals surface area contributed by atoms with Crippen molar-refractivity contribution in [1.29, 1.82) is 0 Å². The normalized spacial score (nSPS) is 25.9. The molecule has 0 spiro atoms. The van der Waals surface area contributed by atoms with Crippen LogP contribution in [0, 0.1) is 11.8 Å². The molecule has 4 rings (SSSR count). The van der Waals surface area contributed by atoms with Crippen molar-refractivity contribution in [2.75, 3.05) is 33.8 Å². The van der Waals surface area contributed by atoms with Crippen molar-refractivity contribution in [3.8, 4) is 5.75 Å². The Morgan fingerprint density at radius 3 is 2.62 bits per heavy atom. The molecule has 3 heterocycles. The summed E-state index contributed by atoms with van der Waals surface area (Å²) in [5.41, 5.74) is 1.40. The van der Waals surface area contributed by atoms with Gasteiger partial charge in [-0.3, -0.25) is 9.80 Å². The summed E-state index contributed by atoms with van der Waals surface area (Å²) in [6.07, 6.45) is 1.83. The zero-order valence-corrected chi connectivity index (χ0v) is 16.5. The number of aryl methyl sites for hydroxylation is 1. The van der Waals surface area contributed by atoms with Gasteiger partial charge in [-0.1, -0.05) is 12.1 Å². The topological polar surface area (TPSA) is 46.4 Å². The molecular formula is C19H28ClN5O. The third kappa shape index (κ3) is 3.46. The van der Waals surface area contributed by atoms with E-state index in [0.717, 1.165) is 43.7 Å². The van der Waals surface area contributed by atoms with Crippen molar-refractivity contribution in [3.63, 3.8) is 0 Å². The zero-order valence-electron chi connectivity index (χ0n) is 15.7. The van der Waals surface area contributed by atoms with E-state index in [2.05, 4.69) is 62.8 Å². The van der Waals surface area contributed by atoms with Gasteiger partial charge in [0.1, 0.15) is 17.9 Å². The van der Waals surface area contributed by atoms with Crippen LogP contribution >= 0.6 is 12.4 Å². The predicted molar refractivity (Wildman–Crippen MR) is 104 cm³/mol. The van der Waals surface area contributed by atoms with Gasteiger partial charge in [0.15, 0.2) is 0 Å². The lowest BCUT2D eigenvalue weighted by molar-refractivity contribution is 0.220. The van der Waals surface area contributed by atoms with E-state index < -0.39 is 0 Å². The van der Waals surface area contributed by atoms with Gasteiger partial charge in [0.25, 0.3) is 0 Å². The maximum absolute atomic E-state index is 5.31. The van der Waals surface area contributed by atoms with Gasteiger partial charge >= 0.3 is 0 Å². The molecule has 142 valence electrons. The van der Waals surface area contributed by atoms with E-state index in [1.807, 2.05) is 6.33 Å². The molecule has 7 heteroatoms. The second kappa shape index (κ2) is 7.94. The van der Waals surface area contributed by atoms with Crippen molar-refractivity contribution < 1.29 is 4.74 Å². The number of hydrogen-bond donors (Lipinski definition) is 0. The summed E-state index contributed by atoms with van der Waals surface area (Å²) in [7, 11) is 3.97. The van der Waals surface area contributed by atoms with Crippen LogP contribution in [0.1, 0.15) is 24.4 Å². The molecule has 2 fully saturated rings. The minimum Gasteiger partial charge on any atom is -0.497 e. The highest BCUT2D eigenvalue weighted by atomic mass is 35.5. The van der Waals surface area contributed by atoms with Crippen molar-refractivity contribution in [2.45, 2.75) is 26.1 Å². The molecule has 3 atom stereocenters. The van der Waals surface area contributed by atoms with Crippen molar-refractivity contribution in [3.05, 3.63) is 42.0 Å². The van der Waals surface area contributed by atoms with Gasteiger partial charge in [0.2, 0.25) is 0 Å². The van der Waals surface area contributed by atoms with Crippen LogP contribution in [-0.4, -0.2) is 58.4 Å². The minimum atomic E-state index is 0. The average Bonchev–Trinajstić information content (AvgIpc) is 3.29. The molecule has 2 aromatic rings. The van der Waals surface area contributed by atoms with Crippen LogP contribution in [0.15, 0.2) is 30.6 Å². The van der Waals surface area contributed by atoms with Gasteiger partial charge in [-0.05, 0) is 43.5 Å². The first kappa shape index (κ1) is 19.1. The molecule has 0 aliphatic carbocycles. The third-order valence-electron chi connectivity index (χ3n) is 5.83. The quantitative estimate of drug-likeness (QED) is 0.801. The van der Waals surface area contributed by atoms with Crippen LogP contribution in [0.3, 0.4) is 0 Å². The molecule has 6 nitrogen and oxygen atoms in total. The molecule has 0 amide bonds. The maximum atomic E-state index is 5.31. The SMILES string of the molecule is CCn1cnnc1CN1C[C@@H]2CN(C)[C@@H](c3ccc(OC)cc3)[C@@H]2C1.Cl. The van der Waals surface area contributed by atoms with Crippen LogP contribution in [0.2, 0.25) is 0 Å². The molecule has 0 unspecified atom stereocenters. The van der Waals surface area contributed by atoms with Gasteiger partial charge in [-0.15, -0.1) is 22.6 Å². The lowest BCUT2D eigenvalue weighted by atomic mass is 9.89. The van der Waals surface area contributed by atoms with Gasteiger partial charge in [-0.2, -0.15) is 0 Å². The predicted octanol–water partition coefficient (Wildman–Crippen LogP) is 2.46. The van der Waals surface area contributed by atoms with E-state index in [1.165, 1.54) is 12.1 Å². The lowest BCUT2D eigenvalue weighted by Crippen LogP contribution is -2.29. The van der Waals surface area contributed by atoms with Crippen LogP contribution < -0.4 is 4.74 Å². The Labute approximate surface area is 161 Å². The standard InChI is InChI=1S/C19H27N5O.ClH/c1-4-24-13-20-21-18(24)12-23-10-15-9-22(2)19(17(15)11-23)14-5-7-16(25-3)8-6-14;/h5-8,13,15,17,19H,4,9-12H2,1-3H3;1H/t15-,17+,19-;/m0./s1. The van der Waals surface area contributed by atoms with Gasteiger partial charge in [0.05, 0.1) is 13.7 Å². The van der Waals surface area contributed by atoms with Crippen molar-refractivity contribution in [1.82, 2.24) is 24.6 Å². The largest absolute Gasteiger partial charge is 0.497 e. The van der Waals surface area contributed by atoms with Crippen molar-refractivity contribution in [2.24, 2.45) is 11.8 Å². The number of ether oxygens (including phenoxy) is 1. The molecule has 0 N–H and O–H groups in total. The Balaban J connectivity index is 0.00000196. The molecule has 2 aliphatic rings. The highest BCUT2D eigenvalue weighted by Crippen LogP contribution is 2.44. The number of aromatic nitrogens is 3. The summed E-state index contributed by atoms with van der Waals surface area (Å²) in [6, 6.07) is 9.09. The number of methoxy groups -OCH3 is 1. The Bertz CT molecular complexity index is 719. The number of nitrogens with zero attached hydrogens (tertiary/aromatic N) is 5. The van der Waals surface area contributed by atoms with E-state index in [9.17, 15) is 0 Å². The summed E-state index contributed by atoms with van der Waals surface area (Å²) in [5.74, 6) is 3.41. The summed E-state index contributed by atoms with van der Waals surface area (Å²) in [5, 5.41) is 8.37. The molecule has 0 radical (unpaired) electrons. The Morgan fingerprint density at radius 2 is 1.92 bits per heavy atom. The fourth-order valence-electron chi connectivity index (χ4n) is 4.65. The van der Waals surface area contributed by atoms with Gasteiger partial charge in [0, 0.05) is 32.2 Å². The van der Waals surface area contributed by atoms with E-state index >= 15 is 0 Å². The van der Waals surface area contributed by atoms with Crippen LogP contribution in [0.5, 0.6) is 5.75 Å². The monoisotopic (exact) mass is 377 g/mol. The number of benzene rings is 1. The van der Waals surface area contributed by atoms with E-state index in [0.29, 0.717) is 12.0 Å². The highest BCUT2D eigenvalue weighted by Gasteiger charge is 2.46. The summed E-state index contributed by atoms with van der Waals surface area (Å²) in [6.45, 7) is 7.42. The zero-order chi connectivity index (χ0) is 17.4. The number of halogens is 1. The summed E-state index contributed by atoms with van der Waals surface area (Å²) < 4.78 is 7.45.